The maximum absolute atomic E-state index is 9.24. The van der Waals surface area contributed by atoms with Crippen molar-refractivity contribution in [3.8, 4) is 0 Å². The Labute approximate surface area is 94.0 Å². The van der Waals surface area contributed by atoms with Crippen molar-refractivity contribution >= 4 is 0 Å². The van der Waals surface area contributed by atoms with Crippen LogP contribution in [0.5, 0.6) is 0 Å². The summed E-state index contributed by atoms with van der Waals surface area (Å²) in [6, 6.07) is 0. The van der Waals surface area contributed by atoms with Gasteiger partial charge in [0.2, 0.25) is 0 Å². The molecule has 0 amide bonds. The fourth-order valence-corrected chi connectivity index (χ4v) is 1.48. The molecule has 0 aliphatic heterocycles. The van der Waals surface area contributed by atoms with Gasteiger partial charge in [-0.2, -0.15) is 0 Å². The lowest BCUT2D eigenvalue weighted by Crippen LogP contribution is -2.28. The van der Waals surface area contributed by atoms with E-state index in [0.717, 1.165) is 25.7 Å². The summed E-state index contributed by atoms with van der Waals surface area (Å²) >= 11 is 0. The SMILES string of the molecule is CCC(CO)(CO)CC/C=C/CC(C)C. The Hall–Kier alpha value is -0.340. The van der Waals surface area contributed by atoms with Crippen molar-refractivity contribution in [2.45, 2.75) is 46.5 Å². The molecule has 0 heterocycles. The quantitative estimate of drug-likeness (QED) is 0.610. The second kappa shape index (κ2) is 7.89. The van der Waals surface area contributed by atoms with E-state index in [0.29, 0.717) is 5.92 Å². The van der Waals surface area contributed by atoms with Crippen LogP contribution >= 0.6 is 0 Å². The lowest BCUT2D eigenvalue weighted by Gasteiger charge is -2.27. The molecule has 2 heteroatoms. The lowest BCUT2D eigenvalue weighted by atomic mass is 9.82. The van der Waals surface area contributed by atoms with E-state index >= 15 is 0 Å². The third-order valence-electron chi connectivity index (χ3n) is 3.04. The van der Waals surface area contributed by atoms with Gasteiger partial charge in [-0.1, -0.05) is 32.9 Å². The third-order valence-corrected chi connectivity index (χ3v) is 3.04. The molecule has 0 aromatic rings. The standard InChI is InChI=1S/C13H26O2/c1-4-13(10-14,11-15)9-7-5-6-8-12(2)3/h5-6,12,14-15H,4,7-11H2,1-3H3/b6-5+. The largest absolute Gasteiger partial charge is 0.396 e. The number of allylic oxidation sites excluding steroid dienone is 2. The minimum atomic E-state index is -0.276. The van der Waals surface area contributed by atoms with Gasteiger partial charge in [-0.3, -0.25) is 0 Å². The van der Waals surface area contributed by atoms with Gasteiger partial charge in [-0.25, -0.2) is 0 Å². The van der Waals surface area contributed by atoms with Crippen LogP contribution in [0, 0.1) is 11.3 Å². The third kappa shape index (κ3) is 5.95. The summed E-state index contributed by atoms with van der Waals surface area (Å²) in [4.78, 5) is 0. The molecule has 0 radical (unpaired) electrons. The molecule has 90 valence electrons. The van der Waals surface area contributed by atoms with Gasteiger partial charge < -0.3 is 10.2 Å². The highest BCUT2D eigenvalue weighted by atomic mass is 16.3. The van der Waals surface area contributed by atoms with Gasteiger partial charge in [0.15, 0.2) is 0 Å². The molecule has 0 rings (SSSR count). The molecule has 0 spiro atoms. The van der Waals surface area contributed by atoms with Gasteiger partial charge in [-0.05, 0) is 31.6 Å². The van der Waals surface area contributed by atoms with Crippen molar-refractivity contribution in [1.29, 1.82) is 0 Å². The number of aliphatic hydroxyl groups is 2. The Morgan fingerprint density at radius 3 is 2.13 bits per heavy atom. The smallest absolute Gasteiger partial charge is 0.0509 e. The van der Waals surface area contributed by atoms with E-state index in [1.54, 1.807) is 0 Å². The van der Waals surface area contributed by atoms with Crippen molar-refractivity contribution < 1.29 is 10.2 Å². The maximum Gasteiger partial charge on any atom is 0.0509 e. The van der Waals surface area contributed by atoms with Crippen LogP contribution in [-0.2, 0) is 0 Å². The van der Waals surface area contributed by atoms with Gasteiger partial charge in [-0.15, -0.1) is 0 Å². The molecule has 0 unspecified atom stereocenters. The van der Waals surface area contributed by atoms with Crippen LogP contribution in [0.3, 0.4) is 0 Å². The zero-order valence-electron chi connectivity index (χ0n) is 10.4. The molecular formula is C13H26O2. The normalized spacial score (nSPS) is 12.9. The molecule has 0 aromatic heterocycles. The molecule has 0 atom stereocenters. The molecule has 0 saturated carbocycles. The van der Waals surface area contributed by atoms with E-state index < -0.39 is 0 Å². The number of hydrogen-bond acceptors (Lipinski definition) is 2. The van der Waals surface area contributed by atoms with Gasteiger partial charge in [0, 0.05) is 5.41 Å². The van der Waals surface area contributed by atoms with E-state index in [1.807, 2.05) is 6.92 Å². The van der Waals surface area contributed by atoms with Crippen LogP contribution in [0.2, 0.25) is 0 Å². The van der Waals surface area contributed by atoms with Crippen LogP contribution in [0.4, 0.5) is 0 Å². The summed E-state index contributed by atoms with van der Waals surface area (Å²) in [6.45, 7) is 6.57. The van der Waals surface area contributed by atoms with Crippen molar-refractivity contribution in [2.75, 3.05) is 13.2 Å². The molecule has 0 saturated heterocycles. The second-order valence-electron chi connectivity index (χ2n) is 4.81. The minimum Gasteiger partial charge on any atom is -0.396 e. The topological polar surface area (TPSA) is 40.5 Å². The Morgan fingerprint density at radius 1 is 1.13 bits per heavy atom. The van der Waals surface area contributed by atoms with E-state index in [4.69, 9.17) is 0 Å². The molecular weight excluding hydrogens is 188 g/mol. The average Bonchev–Trinajstić information content (AvgIpc) is 2.24. The molecule has 2 N–H and O–H groups in total. The monoisotopic (exact) mass is 214 g/mol. The summed E-state index contributed by atoms with van der Waals surface area (Å²) in [6.07, 6.45) is 8.11. The number of rotatable bonds is 8. The van der Waals surface area contributed by atoms with E-state index in [1.165, 1.54) is 0 Å². The number of aliphatic hydroxyl groups excluding tert-OH is 2. The predicted octanol–water partition coefficient (Wildman–Crippen LogP) is 2.75. The van der Waals surface area contributed by atoms with Gasteiger partial charge in [0.1, 0.15) is 0 Å². The zero-order chi connectivity index (χ0) is 11.7. The Morgan fingerprint density at radius 2 is 1.73 bits per heavy atom. The average molecular weight is 214 g/mol. The fraction of sp³-hybridized carbons (Fsp3) is 0.846. The summed E-state index contributed by atoms with van der Waals surface area (Å²) in [7, 11) is 0. The second-order valence-corrected chi connectivity index (χ2v) is 4.81. The molecule has 0 aliphatic carbocycles. The zero-order valence-corrected chi connectivity index (χ0v) is 10.4. The van der Waals surface area contributed by atoms with E-state index in [-0.39, 0.29) is 18.6 Å². The maximum atomic E-state index is 9.24. The first-order chi connectivity index (χ1) is 7.10. The Bertz CT molecular complexity index is 161. The van der Waals surface area contributed by atoms with Crippen LogP contribution in [0.1, 0.15) is 46.5 Å². The van der Waals surface area contributed by atoms with E-state index in [9.17, 15) is 10.2 Å². The molecule has 2 nitrogen and oxygen atoms in total. The van der Waals surface area contributed by atoms with Crippen LogP contribution in [0.25, 0.3) is 0 Å². The van der Waals surface area contributed by atoms with Gasteiger partial charge in [0.05, 0.1) is 13.2 Å². The summed E-state index contributed by atoms with van der Waals surface area (Å²) in [5, 5.41) is 18.5. The Kier molecular flexibility index (Phi) is 7.71. The molecule has 0 bridgehead atoms. The fourth-order valence-electron chi connectivity index (χ4n) is 1.48. The molecule has 15 heavy (non-hydrogen) atoms. The first-order valence-corrected chi connectivity index (χ1v) is 5.97. The molecule has 0 aromatic carbocycles. The van der Waals surface area contributed by atoms with E-state index in [2.05, 4.69) is 26.0 Å². The summed E-state index contributed by atoms with van der Waals surface area (Å²) in [5.74, 6) is 0.702. The lowest BCUT2D eigenvalue weighted by molar-refractivity contribution is 0.0447. The van der Waals surface area contributed by atoms with Crippen LogP contribution < -0.4 is 0 Å². The Balaban J connectivity index is 3.85. The first-order valence-electron chi connectivity index (χ1n) is 5.97. The summed E-state index contributed by atoms with van der Waals surface area (Å²) < 4.78 is 0. The van der Waals surface area contributed by atoms with Crippen LogP contribution in [0.15, 0.2) is 12.2 Å². The van der Waals surface area contributed by atoms with Crippen molar-refractivity contribution in [3.05, 3.63) is 12.2 Å². The molecule has 0 aliphatic rings. The van der Waals surface area contributed by atoms with Crippen LogP contribution in [-0.4, -0.2) is 23.4 Å². The van der Waals surface area contributed by atoms with Gasteiger partial charge in [0.25, 0.3) is 0 Å². The van der Waals surface area contributed by atoms with Crippen molar-refractivity contribution in [2.24, 2.45) is 11.3 Å². The van der Waals surface area contributed by atoms with Crippen molar-refractivity contribution in [1.82, 2.24) is 0 Å². The predicted molar refractivity (Wildman–Crippen MR) is 64.7 cm³/mol. The highest BCUT2D eigenvalue weighted by Gasteiger charge is 2.25. The van der Waals surface area contributed by atoms with Crippen molar-refractivity contribution in [3.63, 3.8) is 0 Å². The highest BCUT2D eigenvalue weighted by molar-refractivity contribution is 4.86. The van der Waals surface area contributed by atoms with Gasteiger partial charge >= 0.3 is 0 Å². The molecule has 0 fully saturated rings. The highest BCUT2D eigenvalue weighted by Crippen LogP contribution is 2.26. The number of hydrogen-bond donors (Lipinski definition) is 2. The minimum absolute atomic E-state index is 0.0814. The summed E-state index contributed by atoms with van der Waals surface area (Å²) in [5.41, 5.74) is -0.276. The first kappa shape index (κ1) is 14.7.